The Morgan fingerprint density at radius 3 is 2.35 bits per heavy atom. The van der Waals surface area contributed by atoms with Gasteiger partial charge < -0.3 is 9.84 Å². The number of carbonyl (C=O) groups is 4. The number of hydrogen-bond donors (Lipinski definition) is 2. The fourth-order valence-electron chi connectivity index (χ4n) is 9.45. The van der Waals surface area contributed by atoms with Crippen LogP contribution in [-0.2, 0) is 31.0 Å². The number of nitro benzene ring substituents is 1. The molecule has 0 bridgehead atoms. The number of halogens is 2. The highest BCUT2D eigenvalue weighted by Crippen LogP contribution is 2.63. The van der Waals surface area contributed by atoms with Crippen molar-refractivity contribution in [3.05, 3.63) is 147 Å². The Balaban J connectivity index is 1.21. The van der Waals surface area contributed by atoms with Crippen molar-refractivity contribution in [1.29, 1.82) is 0 Å². The molecule has 2 aliphatic carbocycles. The minimum atomic E-state index is -1.60. The molecule has 2 saturated heterocycles. The number of imide groups is 2. The predicted octanol–water partition coefficient (Wildman–Crippen LogP) is 6.63. The number of rotatable bonds is 6. The summed E-state index contributed by atoms with van der Waals surface area (Å²) < 4.78 is 20.0. The summed E-state index contributed by atoms with van der Waals surface area (Å²) in [5.74, 6) is -6.40. The van der Waals surface area contributed by atoms with E-state index in [0.717, 1.165) is 9.91 Å². The molecule has 4 amide bonds. The third-order valence-corrected chi connectivity index (χ3v) is 12.0. The average Bonchev–Trinajstić information content (AvgIpc) is 3.56. The van der Waals surface area contributed by atoms with Gasteiger partial charge in [0.15, 0.2) is 0 Å². The summed E-state index contributed by atoms with van der Waals surface area (Å²) in [5, 5.41) is 23.1. The van der Waals surface area contributed by atoms with Gasteiger partial charge in [-0.1, -0.05) is 35.4 Å². The molecule has 0 spiro atoms. The number of anilines is 2. The molecular formula is C41H30ClFN4O8. The number of phenolic OH excluding ortho intramolecular Hbond substituents is 1. The lowest BCUT2D eigenvalue weighted by Gasteiger charge is -2.51. The van der Waals surface area contributed by atoms with Crippen molar-refractivity contribution in [2.45, 2.75) is 24.7 Å². The fraction of sp³-hybridized carbons (Fsp3) is 0.220. The number of aromatic hydroxyl groups is 1. The maximum Gasteiger partial charge on any atom is 0.269 e. The van der Waals surface area contributed by atoms with Gasteiger partial charge in [-0.2, -0.15) is 5.01 Å². The number of fused-ring (bicyclic) bond motifs is 5. The Bertz CT molecular complexity index is 2400. The van der Waals surface area contributed by atoms with E-state index in [4.69, 9.17) is 16.3 Å². The highest BCUT2D eigenvalue weighted by Gasteiger charge is 2.70. The SMILES string of the molecule is O=C1C2CC3C(=CCC4C(=O)N(c5ccc([N+](=O)[O-])cc5)C(=O)C43)C(C3=COc4ccc(O)cc4C3)C2(c2ccc(Cl)cc2)C(=O)N1Nc1ccc(F)cc1. The van der Waals surface area contributed by atoms with E-state index >= 15 is 4.79 Å². The van der Waals surface area contributed by atoms with Crippen molar-refractivity contribution in [2.24, 2.45) is 29.6 Å². The lowest BCUT2D eigenvalue weighted by molar-refractivity contribution is -0.384. The van der Waals surface area contributed by atoms with Gasteiger partial charge in [0.1, 0.15) is 17.3 Å². The van der Waals surface area contributed by atoms with Crippen molar-refractivity contribution in [3.8, 4) is 11.5 Å². The molecule has 1 saturated carbocycles. The van der Waals surface area contributed by atoms with Crippen molar-refractivity contribution < 1.29 is 38.3 Å². The third kappa shape index (κ3) is 5.17. The molecule has 6 atom stereocenters. The van der Waals surface area contributed by atoms with Gasteiger partial charge in [-0.3, -0.25) is 39.6 Å². The highest BCUT2D eigenvalue weighted by molar-refractivity contribution is 6.30. The van der Waals surface area contributed by atoms with E-state index in [-0.39, 0.29) is 36.4 Å². The number of nitrogens with one attached hydrogen (secondary N) is 1. The summed E-state index contributed by atoms with van der Waals surface area (Å²) in [5.41, 5.74) is 4.07. The maximum absolute atomic E-state index is 15.3. The molecule has 276 valence electrons. The zero-order valence-electron chi connectivity index (χ0n) is 28.7. The summed E-state index contributed by atoms with van der Waals surface area (Å²) in [7, 11) is 0. The molecule has 0 aromatic heterocycles. The van der Waals surface area contributed by atoms with E-state index in [9.17, 15) is 34.0 Å². The standard InChI is InChI=1S/C41H30ClFN4O8/c42-24-3-1-23(2-4-24)41-33(38(50)46(40(41)52)44-26-7-5-25(43)6-8-26)19-32-30(36(41)22-17-21-18-29(48)13-16-34(21)55-20-22)14-15-31-35(32)39(51)45(37(31)49)27-9-11-28(12-10-27)47(53)54/h1-14,16,18,20,31-33,35-36,44,48H,15,17,19H2. The van der Waals surface area contributed by atoms with Crippen molar-refractivity contribution in [2.75, 3.05) is 10.3 Å². The van der Waals surface area contributed by atoms with Crippen LogP contribution in [0.25, 0.3) is 0 Å². The number of non-ortho nitro benzene ring substituents is 1. The number of ether oxygens (including phenoxy) is 1. The van der Waals surface area contributed by atoms with E-state index in [1.54, 1.807) is 42.7 Å². The van der Waals surface area contributed by atoms with Crippen LogP contribution >= 0.6 is 11.6 Å². The number of benzene rings is 4. The molecule has 3 heterocycles. The van der Waals surface area contributed by atoms with Crippen molar-refractivity contribution in [3.63, 3.8) is 0 Å². The minimum Gasteiger partial charge on any atom is -0.508 e. The van der Waals surface area contributed by atoms with Crippen LogP contribution in [0.4, 0.5) is 21.5 Å². The molecular weight excluding hydrogens is 731 g/mol. The summed E-state index contributed by atoms with van der Waals surface area (Å²) in [6.07, 6.45) is 3.88. The number of hydrazine groups is 1. The molecule has 4 aromatic carbocycles. The molecule has 3 aliphatic heterocycles. The first-order valence-corrected chi connectivity index (χ1v) is 18.0. The van der Waals surface area contributed by atoms with Gasteiger partial charge in [0, 0.05) is 35.1 Å². The van der Waals surface area contributed by atoms with E-state index in [0.29, 0.717) is 38.7 Å². The lowest BCUT2D eigenvalue weighted by Crippen LogP contribution is -2.55. The van der Waals surface area contributed by atoms with Crippen LogP contribution in [0.5, 0.6) is 11.5 Å². The van der Waals surface area contributed by atoms with Crippen LogP contribution in [0.2, 0.25) is 5.02 Å². The molecule has 55 heavy (non-hydrogen) atoms. The Kier molecular flexibility index (Phi) is 7.90. The summed E-state index contributed by atoms with van der Waals surface area (Å²) in [4.78, 5) is 70.6. The van der Waals surface area contributed by atoms with Gasteiger partial charge in [0.25, 0.3) is 17.5 Å². The largest absolute Gasteiger partial charge is 0.508 e. The van der Waals surface area contributed by atoms with E-state index < -0.39 is 69.4 Å². The van der Waals surface area contributed by atoms with Crippen LogP contribution in [0.1, 0.15) is 24.0 Å². The number of nitro groups is 1. The number of nitrogens with zero attached hydrogens (tertiary/aromatic N) is 3. The molecule has 4 aromatic rings. The second-order valence-electron chi connectivity index (χ2n) is 14.4. The molecule has 6 unspecified atom stereocenters. The van der Waals surface area contributed by atoms with Crippen LogP contribution < -0.4 is 15.1 Å². The summed E-state index contributed by atoms with van der Waals surface area (Å²) in [6.45, 7) is 0. The third-order valence-electron chi connectivity index (χ3n) is 11.7. The molecule has 5 aliphatic rings. The zero-order valence-corrected chi connectivity index (χ0v) is 29.5. The fourth-order valence-corrected chi connectivity index (χ4v) is 9.58. The lowest BCUT2D eigenvalue weighted by atomic mass is 9.48. The van der Waals surface area contributed by atoms with Crippen LogP contribution in [0.3, 0.4) is 0 Å². The number of allylic oxidation sites excluding steroid dienone is 3. The topological polar surface area (TPSA) is 159 Å². The molecule has 2 N–H and O–H groups in total. The van der Waals surface area contributed by atoms with Crippen molar-refractivity contribution in [1.82, 2.24) is 5.01 Å². The molecule has 9 rings (SSSR count). The van der Waals surface area contributed by atoms with E-state index in [1.165, 1.54) is 54.6 Å². The predicted molar refractivity (Wildman–Crippen MR) is 196 cm³/mol. The molecule has 0 radical (unpaired) electrons. The Morgan fingerprint density at radius 1 is 0.909 bits per heavy atom. The quantitative estimate of drug-likeness (QED) is 0.0952. The normalized spacial score (nSPS) is 26.7. The van der Waals surface area contributed by atoms with Gasteiger partial charge in [-0.25, -0.2) is 4.39 Å². The molecule has 14 heteroatoms. The average molecular weight is 761 g/mol. The van der Waals surface area contributed by atoms with Crippen LogP contribution in [0.15, 0.2) is 114 Å². The Labute approximate surface area is 317 Å². The van der Waals surface area contributed by atoms with Gasteiger partial charge in [-0.15, -0.1) is 0 Å². The number of hydrogen-bond acceptors (Lipinski definition) is 9. The molecule has 12 nitrogen and oxygen atoms in total. The summed E-state index contributed by atoms with van der Waals surface area (Å²) in [6, 6.07) is 21.8. The Hall–Kier alpha value is -6.34. The van der Waals surface area contributed by atoms with Gasteiger partial charge >= 0.3 is 0 Å². The van der Waals surface area contributed by atoms with Gasteiger partial charge in [0.2, 0.25) is 11.8 Å². The zero-order chi connectivity index (χ0) is 38.3. The van der Waals surface area contributed by atoms with Crippen LogP contribution in [-0.4, -0.2) is 38.7 Å². The monoisotopic (exact) mass is 760 g/mol. The number of amides is 4. The first-order chi connectivity index (χ1) is 26.5. The minimum absolute atomic E-state index is 0.0123. The molecule has 3 fully saturated rings. The number of phenols is 1. The highest BCUT2D eigenvalue weighted by atomic mass is 35.5. The van der Waals surface area contributed by atoms with Gasteiger partial charge in [-0.05, 0) is 96.6 Å². The first kappa shape index (κ1) is 34.4. The number of carbonyl (C=O) groups excluding carboxylic acids is 4. The van der Waals surface area contributed by atoms with E-state index in [2.05, 4.69) is 5.43 Å². The smallest absolute Gasteiger partial charge is 0.269 e. The Morgan fingerprint density at radius 2 is 1.64 bits per heavy atom. The van der Waals surface area contributed by atoms with Gasteiger partial charge in [0.05, 0.1) is 45.7 Å². The van der Waals surface area contributed by atoms with Crippen LogP contribution in [0, 0.1) is 45.5 Å². The second kappa shape index (κ2) is 12.6. The van der Waals surface area contributed by atoms with Crippen molar-refractivity contribution >= 4 is 52.3 Å². The summed E-state index contributed by atoms with van der Waals surface area (Å²) >= 11 is 6.37. The first-order valence-electron chi connectivity index (χ1n) is 17.6. The van der Waals surface area contributed by atoms with E-state index in [1.807, 2.05) is 6.08 Å². The second-order valence-corrected chi connectivity index (χ2v) is 14.9. The maximum atomic E-state index is 15.3.